The monoisotopic (exact) mass is 318 g/mol. The van der Waals surface area contributed by atoms with Crippen LogP contribution in [0.4, 0.5) is 5.69 Å². The predicted octanol–water partition coefficient (Wildman–Crippen LogP) is 3.53. The van der Waals surface area contributed by atoms with Gasteiger partial charge in [0.1, 0.15) is 0 Å². The van der Waals surface area contributed by atoms with Gasteiger partial charge in [-0.05, 0) is 36.2 Å². The molecule has 24 heavy (non-hydrogen) atoms. The van der Waals surface area contributed by atoms with Gasteiger partial charge in [0, 0.05) is 30.6 Å². The predicted molar refractivity (Wildman–Crippen MR) is 93.9 cm³/mol. The van der Waals surface area contributed by atoms with Crippen molar-refractivity contribution in [2.45, 2.75) is 19.3 Å². The highest BCUT2D eigenvalue weighted by Crippen LogP contribution is 2.37. The van der Waals surface area contributed by atoms with Gasteiger partial charge in [-0.25, -0.2) is 4.90 Å². The molecule has 0 radical (unpaired) electrons. The average molecular weight is 318 g/mol. The van der Waals surface area contributed by atoms with Crippen molar-refractivity contribution >= 4 is 28.4 Å². The summed E-state index contributed by atoms with van der Waals surface area (Å²) in [6.07, 6.45) is 2.20. The van der Waals surface area contributed by atoms with Crippen LogP contribution in [-0.4, -0.2) is 16.4 Å². The minimum absolute atomic E-state index is 0.136. The highest BCUT2D eigenvalue weighted by molar-refractivity contribution is 6.23. The third kappa shape index (κ3) is 2.14. The van der Waals surface area contributed by atoms with E-state index in [0.29, 0.717) is 5.69 Å². The molecule has 4 nitrogen and oxygen atoms in total. The third-order valence-electron chi connectivity index (χ3n) is 4.71. The summed E-state index contributed by atoms with van der Waals surface area (Å²) in [4.78, 5) is 26.8. The molecule has 0 N–H and O–H groups in total. The van der Waals surface area contributed by atoms with Gasteiger partial charge >= 0.3 is 0 Å². The number of aromatic nitrogens is 1. The number of nitrogens with zero attached hydrogens (tertiary/aromatic N) is 2. The molecule has 0 spiro atoms. The Labute approximate surface area is 140 Å². The van der Waals surface area contributed by atoms with Crippen LogP contribution in [0.15, 0.2) is 54.7 Å². The minimum Gasteiger partial charge on any atom is -0.350 e. The Kier molecular flexibility index (Phi) is 3.27. The van der Waals surface area contributed by atoms with Crippen molar-refractivity contribution in [3.05, 3.63) is 65.9 Å². The fraction of sp³-hybridized carbons (Fsp3) is 0.200. The number of imide groups is 1. The highest BCUT2D eigenvalue weighted by Gasteiger charge is 2.41. The van der Waals surface area contributed by atoms with Crippen LogP contribution in [0.3, 0.4) is 0 Å². The molecule has 1 atom stereocenters. The number of anilines is 1. The molecule has 4 rings (SSSR count). The molecule has 1 aliphatic rings. The van der Waals surface area contributed by atoms with Crippen molar-refractivity contribution in [1.29, 1.82) is 0 Å². The Balaban J connectivity index is 1.78. The molecule has 3 aromatic rings. The van der Waals surface area contributed by atoms with Gasteiger partial charge in [0.2, 0.25) is 11.8 Å². The smallest absolute Gasteiger partial charge is 0.241 e. The van der Waals surface area contributed by atoms with E-state index in [4.69, 9.17) is 0 Å². The lowest BCUT2D eigenvalue weighted by atomic mass is 9.97. The Morgan fingerprint density at radius 1 is 1.04 bits per heavy atom. The number of hydrogen-bond acceptors (Lipinski definition) is 2. The Morgan fingerprint density at radius 3 is 2.62 bits per heavy atom. The number of hydrogen-bond donors (Lipinski definition) is 0. The van der Waals surface area contributed by atoms with Crippen LogP contribution >= 0.6 is 0 Å². The van der Waals surface area contributed by atoms with Crippen molar-refractivity contribution in [2.24, 2.45) is 7.05 Å². The topological polar surface area (TPSA) is 42.3 Å². The van der Waals surface area contributed by atoms with E-state index in [1.165, 1.54) is 4.90 Å². The van der Waals surface area contributed by atoms with Gasteiger partial charge in [-0.1, -0.05) is 30.3 Å². The van der Waals surface area contributed by atoms with Crippen LogP contribution in [0, 0.1) is 6.92 Å². The lowest BCUT2D eigenvalue weighted by molar-refractivity contribution is -0.121. The third-order valence-corrected chi connectivity index (χ3v) is 4.71. The first-order chi connectivity index (χ1) is 11.6. The van der Waals surface area contributed by atoms with Crippen molar-refractivity contribution in [2.75, 3.05) is 4.90 Å². The van der Waals surface area contributed by atoms with Crippen molar-refractivity contribution in [3.8, 4) is 0 Å². The molecule has 1 aromatic heterocycles. The molecule has 2 amide bonds. The van der Waals surface area contributed by atoms with Gasteiger partial charge < -0.3 is 4.57 Å². The number of benzene rings is 2. The molecule has 1 saturated heterocycles. The summed E-state index contributed by atoms with van der Waals surface area (Å²) in [5, 5.41) is 1.04. The van der Waals surface area contributed by atoms with Gasteiger partial charge in [-0.2, -0.15) is 0 Å². The van der Waals surface area contributed by atoms with Crippen molar-refractivity contribution in [1.82, 2.24) is 4.57 Å². The summed E-state index contributed by atoms with van der Waals surface area (Å²) in [5.41, 5.74) is 3.69. The summed E-state index contributed by atoms with van der Waals surface area (Å²) in [6, 6.07) is 15.5. The Bertz CT molecular complexity index is 971. The molecule has 4 heteroatoms. The fourth-order valence-electron chi connectivity index (χ4n) is 3.56. The standard InChI is InChI=1S/C20H18N2O2/c1-13-6-5-7-14(10-13)22-19(23)11-16(20(22)24)17-12-21(2)18-9-4-3-8-15(17)18/h3-10,12,16H,11H2,1-2H3/t16-/m0/s1. The maximum atomic E-state index is 13.0. The zero-order valence-corrected chi connectivity index (χ0v) is 13.7. The minimum atomic E-state index is -0.413. The van der Waals surface area contributed by atoms with Crippen LogP contribution < -0.4 is 4.90 Å². The zero-order valence-electron chi connectivity index (χ0n) is 13.7. The van der Waals surface area contributed by atoms with E-state index in [2.05, 4.69) is 0 Å². The fourth-order valence-corrected chi connectivity index (χ4v) is 3.56. The second kappa shape index (κ2) is 5.34. The molecule has 0 saturated carbocycles. The number of carbonyl (C=O) groups is 2. The summed E-state index contributed by atoms with van der Waals surface area (Å²) < 4.78 is 2.01. The quantitative estimate of drug-likeness (QED) is 0.678. The van der Waals surface area contributed by atoms with E-state index in [-0.39, 0.29) is 18.2 Å². The van der Waals surface area contributed by atoms with E-state index in [0.717, 1.165) is 22.0 Å². The molecular weight excluding hydrogens is 300 g/mol. The number of rotatable bonds is 2. The first kappa shape index (κ1) is 14.7. The molecule has 1 aliphatic heterocycles. The summed E-state index contributed by atoms with van der Waals surface area (Å²) in [5.74, 6) is -0.686. The maximum absolute atomic E-state index is 13.0. The second-order valence-electron chi connectivity index (χ2n) is 6.38. The van der Waals surface area contributed by atoms with Crippen molar-refractivity contribution < 1.29 is 9.59 Å². The summed E-state index contributed by atoms with van der Waals surface area (Å²) in [6.45, 7) is 1.96. The van der Waals surface area contributed by atoms with E-state index < -0.39 is 5.92 Å². The highest BCUT2D eigenvalue weighted by atomic mass is 16.2. The summed E-state index contributed by atoms with van der Waals surface area (Å²) >= 11 is 0. The Morgan fingerprint density at radius 2 is 1.83 bits per heavy atom. The largest absolute Gasteiger partial charge is 0.350 e. The Hall–Kier alpha value is -2.88. The molecule has 2 aromatic carbocycles. The van der Waals surface area contributed by atoms with Crippen LogP contribution in [0.1, 0.15) is 23.5 Å². The van der Waals surface area contributed by atoms with E-state index in [9.17, 15) is 9.59 Å². The summed E-state index contributed by atoms with van der Waals surface area (Å²) in [7, 11) is 1.96. The normalized spacial score (nSPS) is 17.9. The van der Waals surface area contributed by atoms with Crippen LogP contribution in [-0.2, 0) is 16.6 Å². The lowest BCUT2D eigenvalue weighted by Crippen LogP contribution is -2.30. The van der Waals surface area contributed by atoms with Crippen LogP contribution in [0.2, 0.25) is 0 Å². The van der Waals surface area contributed by atoms with E-state index in [1.807, 2.05) is 73.3 Å². The number of fused-ring (bicyclic) bond motifs is 1. The molecule has 120 valence electrons. The van der Waals surface area contributed by atoms with Gasteiger partial charge in [-0.15, -0.1) is 0 Å². The SMILES string of the molecule is Cc1cccc(N2C(=O)C[C@@H](c3cn(C)c4ccccc34)C2=O)c1. The lowest BCUT2D eigenvalue weighted by Gasteiger charge is -2.15. The number of amides is 2. The van der Waals surface area contributed by atoms with Crippen LogP contribution in [0.5, 0.6) is 0 Å². The van der Waals surface area contributed by atoms with Gasteiger partial charge in [0.05, 0.1) is 11.6 Å². The van der Waals surface area contributed by atoms with E-state index >= 15 is 0 Å². The number of carbonyl (C=O) groups excluding carboxylic acids is 2. The average Bonchev–Trinajstić information content (AvgIpc) is 3.05. The van der Waals surface area contributed by atoms with Gasteiger partial charge in [0.15, 0.2) is 0 Å². The first-order valence-electron chi connectivity index (χ1n) is 8.03. The van der Waals surface area contributed by atoms with Gasteiger partial charge in [-0.3, -0.25) is 9.59 Å². The number of aryl methyl sites for hydroxylation is 2. The molecule has 0 unspecified atom stereocenters. The second-order valence-corrected chi connectivity index (χ2v) is 6.38. The number of para-hydroxylation sites is 1. The molecule has 0 bridgehead atoms. The zero-order chi connectivity index (χ0) is 16.8. The first-order valence-corrected chi connectivity index (χ1v) is 8.03. The van der Waals surface area contributed by atoms with Crippen molar-refractivity contribution in [3.63, 3.8) is 0 Å². The van der Waals surface area contributed by atoms with E-state index in [1.54, 1.807) is 0 Å². The van der Waals surface area contributed by atoms with Crippen LogP contribution in [0.25, 0.3) is 10.9 Å². The van der Waals surface area contributed by atoms with Gasteiger partial charge in [0.25, 0.3) is 0 Å². The molecule has 0 aliphatic carbocycles. The molecular formula is C20H18N2O2. The maximum Gasteiger partial charge on any atom is 0.241 e. The molecule has 2 heterocycles. The molecule has 1 fully saturated rings.